The molecule has 0 spiro atoms. The SMILES string of the molecule is Brc1nc(Br)c(Br)c(Br)c1Br.Cl. The summed E-state index contributed by atoms with van der Waals surface area (Å²) in [5.41, 5.74) is 0. The highest BCUT2D eigenvalue weighted by atomic mass is 79.9. The van der Waals surface area contributed by atoms with Crippen molar-refractivity contribution in [3.05, 3.63) is 22.6 Å². The molecule has 12 heavy (non-hydrogen) atoms. The van der Waals surface area contributed by atoms with E-state index in [2.05, 4.69) is 84.6 Å². The minimum absolute atomic E-state index is 0. The molecule has 0 fully saturated rings. The van der Waals surface area contributed by atoms with Crippen LogP contribution in [0.5, 0.6) is 0 Å². The molecule has 1 aromatic rings. The number of hydrogen-bond acceptors (Lipinski definition) is 1. The summed E-state index contributed by atoms with van der Waals surface area (Å²) in [6.07, 6.45) is 0. The molecule has 0 aliphatic rings. The van der Waals surface area contributed by atoms with Gasteiger partial charge in [-0.1, -0.05) is 0 Å². The average molecular weight is 510 g/mol. The first-order chi connectivity index (χ1) is 5.04. The van der Waals surface area contributed by atoms with Crippen molar-refractivity contribution in [2.45, 2.75) is 0 Å². The normalized spacial score (nSPS) is 9.42. The highest BCUT2D eigenvalue weighted by molar-refractivity contribution is 9.15. The zero-order valence-electron chi connectivity index (χ0n) is 5.25. The molecule has 0 saturated carbocycles. The van der Waals surface area contributed by atoms with Crippen LogP contribution in [0.15, 0.2) is 22.6 Å². The van der Waals surface area contributed by atoms with Crippen LogP contribution in [0.1, 0.15) is 0 Å². The van der Waals surface area contributed by atoms with Crippen LogP contribution in [0.4, 0.5) is 0 Å². The van der Waals surface area contributed by atoms with E-state index in [1.54, 1.807) is 0 Å². The van der Waals surface area contributed by atoms with Gasteiger partial charge in [-0.2, -0.15) is 0 Å². The number of pyridine rings is 1. The van der Waals surface area contributed by atoms with Crippen molar-refractivity contribution in [3.63, 3.8) is 0 Å². The van der Waals surface area contributed by atoms with Crippen molar-refractivity contribution in [2.75, 3.05) is 0 Å². The fourth-order valence-electron chi connectivity index (χ4n) is 0.462. The summed E-state index contributed by atoms with van der Waals surface area (Å²) in [5, 5.41) is 0. The van der Waals surface area contributed by atoms with Crippen LogP contribution >= 0.6 is 92.1 Å². The summed E-state index contributed by atoms with van der Waals surface area (Å²) in [5.74, 6) is 0. The Morgan fingerprint density at radius 2 is 1.00 bits per heavy atom. The van der Waals surface area contributed by atoms with E-state index in [1.807, 2.05) is 0 Å². The zero-order valence-corrected chi connectivity index (χ0v) is 14.0. The quantitative estimate of drug-likeness (QED) is 0.432. The standard InChI is InChI=1S/C5Br5N.ClH/c6-1-2(7)4(9)11-5(10)3(1)8;/h;1H. The van der Waals surface area contributed by atoms with Gasteiger partial charge in [0, 0.05) is 0 Å². The lowest BCUT2D eigenvalue weighted by Gasteiger charge is -2.02. The first-order valence-corrected chi connectivity index (χ1v) is 6.36. The summed E-state index contributed by atoms with van der Waals surface area (Å²) in [7, 11) is 0. The van der Waals surface area contributed by atoms with Gasteiger partial charge in [0.25, 0.3) is 0 Å². The Morgan fingerprint density at radius 3 is 1.33 bits per heavy atom. The van der Waals surface area contributed by atoms with E-state index in [4.69, 9.17) is 0 Å². The maximum absolute atomic E-state index is 4.14. The largest absolute Gasteiger partial charge is 0.232 e. The molecule has 0 saturated heterocycles. The molecule has 0 amide bonds. The van der Waals surface area contributed by atoms with Gasteiger partial charge >= 0.3 is 0 Å². The van der Waals surface area contributed by atoms with Crippen molar-refractivity contribution in [1.82, 2.24) is 4.98 Å². The van der Waals surface area contributed by atoms with Gasteiger partial charge in [-0.15, -0.1) is 12.4 Å². The van der Waals surface area contributed by atoms with Gasteiger partial charge in [0.1, 0.15) is 9.21 Å². The Morgan fingerprint density at radius 1 is 0.667 bits per heavy atom. The Kier molecular flexibility index (Phi) is 6.52. The molecule has 0 N–H and O–H groups in total. The van der Waals surface area contributed by atoms with Crippen LogP contribution in [-0.4, -0.2) is 4.98 Å². The maximum Gasteiger partial charge on any atom is 0.122 e. The Bertz CT molecular complexity index is 276. The predicted octanol–water partition coefficient (Wildman–Crippen LogP) is 5.32. The fourth-order valence-corrected chi connectivity index (χ4v) is 3.20. The molecular formula is C5HBr5ClN. The molecule has 1 rings (SSSR count). The van der Waals surface area contributed by atoms with Crippen LogP contribution in [0.3, 0.4) is 0 Å². The van der Waals surface area contributed by atoms with Gasteiger partial charge in [-0.25, -0.2) is 4.98 Å². The van der Waals surface area contributed by atoms with E-state index in [9.17, 15) is 0 Å². The molecular weight excluding hydrogens is 509 g/mol. The number of aromatic nitrogens is 1. The number of hydrogen-bond donors (Lipinski definition) is 0. The van der Waals surface area contributed by atoms with E-state index in [-0.39, 0.29) is 12.4 Å². The monoisotopic (exact) mass is 505 g/mol. The van der Waals surface area contributed by atoms with Crippen molar-refractivity contribution in [2.24, 2.45) is 0 Å². The lowest BCUT2D eigenvalue weighted by Crippen LogP contribution is -1.83. The lowest BCUT2D eigenvalue weighted by atomic mass is 10.5. The molecule has 0 aromatic carbocycles. The van der Waals surface area contributed by atoms with Crippen LogP contribution in [-0.2, 0) is 0 Å². The van der Waals surface area contributed by atoms with Gasteiger partial charge in [-0.3, -0.25) is 0 Å². The third-order valence-electron chi connectivity index (χ3n) is 0.944. The third-order valence-corrected chi connectivity index (χ3v) is 6.56. The van der Waals surface area contributed by atoms with Crippen molar-refractivity contribution < 1.29 is 0 Å². The molecule has 1 heterocycles. The number of rotatable bonds is 0. The van der Waals surface area contributed by atoms with E-state index < -0.39 is 0 Å². The van der Waals surface area contributed by atoms with Gasteiger partial charge < -0.3 is 0 Å². The minimum Gasteiger partial charge on any atom is -0.232 e. The predicted molar refractivity (Wildman–Crippen MR) is 70.0 cm³/mol. The van der Waals surface area contributed by atoms with Gasteiger partial charge in [0.05, 0.1) is 13.4 Å². The maximum atomic E-state index is 4.14. The first-order valence-electron chi connectivity index (χ1n) is 2.39. The highest BCUT2D eigenvalue weighted by Gasteiger charge is 2.10. The van der Waals surface area contributed by atoms with Crippen LogP contribution in [0.25, 0.3) is 0 Å². The summed E-state index contributed by atoms with van der Waals surface area (Å²) >= 11 is 16.7. The molecule has 68 valence electrons. The van der Waals surface area contributed by atoms with E-state index >= 15 is 0 Å². The topological polar surface area (TPSA) is 12.9 Å². The summed E-state index contributed by atoms with van der Waals surface area (Å²) in [6, 6.07) is 0. The average Bonchev–Trinajstić information content (AvgIpc) is 1.97. The second-order valence-corrected chi connectivity index (χ2v) is 5.52. The van der Waals surface area contributed by atoms with E-state index in [0.717, 1.165) is 22.6 Å². The van der Waals surface area contributed by atoms with E-state index in [0.29, 0.717) is 0 Å². The smallest absolute Gasteiger partial charge is 0.122 e. The van der Waals surface area contributed by atoms with Crippen LogP contribution in [0.2, 0.25) is 0 Å². The van der Waals surface area contributed by atoms with Crippen LogP contribution in [0, 0.1) is 0 Å². The molecule has 0 radical (unpaired) electrons. The summed E-state index contributed by atoms with van der Waals surface area (Å²) in [4.78, 5) is 4.14. The third kappa shape index (κ3) is 2.92. The molecule has 0 bridgehead atoms. The lowest BCUT2D eigenvalue weighted by molar-refractivity contribution is 1.18. The molecule has 0 atom stereocenters. The highest BCUT2D eigenvalue weighted by Crippen LogP contribution is 2.38. The van der Waals surface area contributed by atoms with Crippen molar-refractivity contribution in [1.29, 1.82) is 0 Å². The summed E-state index contributed by atoms with van der Waals surface area (Å²) < 4.78 is 4.25. The number of nitrogens with zero attached hydrogens (tertiary/aromatic N) is 1. The van der Waals surface area contributed by atoms with Gasteiger partial charge in [0.2, 0.25) is 0 Å². The zero-order chi connectivity index (χ0) is 8.59. The number of halogens is 6. The summed E-state index contributed by atoms with van der Waals surface area (Å²) in [6.45, 7) is 0. The minimum atomic E-state index is 0. The van der Waals surface area contributed by atoms with Gasteiger partial charge in [-0.05, 0) is 79.6 Å². The molecule has 1 nitrogen and oxygen atoms in total. The van der Waals surface area contributed by atoms with E-state index in [1.165, 1.54) is 0 Å². The molecule has 7 heteroatoms. The molecule has 0 aliphatic heterocycles. The molecule has 1 aromatic heterocycles. The Labute approximate surface area is 118 Å². The van der Waals surface area contributed by atoms with Crippen molar-refractivity contribution in [3.8, 4) is 0 Å². The Hall–Kier alpha value is 1.84. The second kappa shape index (κ2) is 5.66. The van der Waals surface area contributed by atoms with Crippen LogP contribution < -0.4 is 0 Å². The van der Waals surface area contributed by atoms with Gasteiger partial charge in [0.15, 0.2) is 0 Å². The molecule has 0 unspecified atom stereocenters. The molecule has 0 aliphatic carbocycles. The Balaban J connectivity index is 0.00000121. The van der Waals surface area contributed by atoms with Crippen molar-refractivity contribution >= 4 is 92.1 Å². The second-order valence-electron chi connectivity index (χ2n) is 1.64. The first kappa shape index (κ1) is 13.8. The fraction of sp³-hybridized carbons (Fsp3) is 0.